The van der Waals surface area contributed by atoms with Gasteiger partial charge in [-0.25, -0.2) is 14.8 Å². The molecule has 0 bridgehead atoms. The highest BCUT2D eigenvalue weighted by atomic mass is 16.2. The molecule has 0 saturated heterocycles. The predicted molar refractivity (Wildman–Crippen MR) is 123 cm³/mol. The standard InChI is InChI=1S/C24H21N5O3/c1-3-14-28(18-12-8-5-9-13-18)20(30)16-29-23(31)19-15-25-21(17-10-6-4-7-11-17)26-22(19)27(2)24(29)32/h3-13,15H,1,14,16H2,2H3. The number of hydrogen-bond donors (Lipinski definition) is 0. The van der Waals surface area contributed by atoms with E-state index < -0.39 is 23.7 Å². The van der Waals surface area contributed by atoms with Gasteiger partial charge in [-0.05, 0) is 12.1 Å². The summed E-state index contributed by atoms with van der Waals surface area (Å²) < 4.78 is 2.17. The van der Waals surface area contributed by atoms with Crippen LogP contribution in [0.3, 0.4) is 0 Å². The molecule has 0 aliphatic carbocycles. The van der Waals surface area contributed by atoms with Gasteiger partial charge in [0.2, 0.25) is 5.91 Å². The highest BCUT2D eigenvalue weighted by molar-refractivity contribution is 5.93. The highest BCUT2D eigenvalue weighted by Crippen LogP contribution is 2.16. The monoisotopic (exact) mass is 427 g/mol. The molecule has 32 heavy (non-hydrogen) atoms. The van der Waals surface area contributed by atoms with Crippen LogP contribution in [-0.4, -0.2) is 31.6 Å². The zero-order valence-corrected chi connectivity index (χ0v) is 17.5. The molecular weight excluding hydrogens is 406 g/mol. The maximum Gasteiger partial charge on any atom is 0.332 e. The number of carbonyl (C=O) groups is 1. The molecule has 1 amide bonds. The zero-order chi connectivity index (χ0) is 22.7. The van der Waals surface area contributed by atoms with Crippen molar-refractivity contribution in [3.8, 4) is 11.4 Å². The number of hydrogen-bond acceptors (Lipinski definition) is 5. The maximum atomic E-state index is 13.1. The summed E-state index contributed by atoms with van der Waals surface area (Å²) in [7, 11) is 1.52. The Balaban J connectivity index is 1.76. The van der Waals surface area contributed by atoms with Gasteiger partial charge in [-0.3, -0.25) is 18.7 Å². The third kappa shape index (κ3) is 3.85. The first-order valence-corrected chi connectivity index (χ1v) is 9.99. The Morgan fingerprint density at radius 2 is 1.72 bits per heavy atom. The molecule has 8 heteroatoms. The van der Waals surface area contributed by atoms with Crippen LogP contribution >= 0.6 is 0 Å². The van der Waals surface area contributed by atoms with Crippen molar-refractivity contribution in [1.29, 1.82) is 0 Å². The molecule has 2 aromatic heterocycles. The van der Waals surface area contributed by atoms with E-state index in [0.717, 1.165) is 10.1 Å². The topological polar surface area (TPSA) is 90.1 Å². The summed E-state index contributed by atoms with van der Waals surface area (Å²) in [6.07, 6.45) is 2.98. The molecule has 2 aromatic carbocycles. The molecule has 0 N–H and O–H groups in total. The van der Waals surface area contributed by atoms with Crippen molar-refractivity contribution in [2.45, 2.75) is 6.54 Å². The minimum absolute atomic E-state index is 0.162. The summed E-state index contributed by atoms with van der Waals surface area (Å²) in [6, 6.07) is 18.3. The molecule has 0 radical (unpaired) electrons. The van der Waals surface area contributed by atoms with Crippen LogP contribution in [0.2, 0.25) is 0 Å². The lowest BCUT2D eigenvalue weighted by atomic mass is 10.2. The smallest absolute Gasteiger partial charge is 0.307 e. The summed E-state index contributed by atoms with van der Waals surface area (Å²) in [6.45, 7) is 3.53. The van der Waals surface area contributed by atoms with Crippen LogP contribution in [0.15, 0.2) is 89.1 Å². The van der Waals surface area contributed by atoms with Gasteiger partial charge in [0.1, 0.15) is 11.9 Å². The number of fused-ring (bicyclic) bond motifs is 1. The zero-order valence-electron chi connectivity index (χ0n) is 17.5. The van der Waals surface area contributed by atoms with Crippen LogP contribution in [0, 0.1) is 0 Å². The van der Waals surface area contributed by atoms with Gasteiger partial charge in [0.05, 0.1) is 0 Å². The van der Waals surface area contributed by atoms with Crippen LogP contribution in [0.4, 0.5) is 5.69 Å². The lowest BCUT2D eigenvalue weighted by Gasteiger charge is -2.21. The first kappa shape index (κ1) is 20.9. The molecule has 0 aliphatic rings. The van der Waals surface area contributed by atoms with E-state index in [-0.39, 0.29) is 17.6 Å². The van der Waals surface area contributed by atoms with Gasteiger partial charge in [-0.15, -0.1) is 6.58 Å². The molecule has 4 aromatic rings. The number of aromatic nitrogens is 4. The van der Waals surface area contributed by atoms with Gasteiger partial charge in [0, 0.05) is 31.0 Å². The Labute approximate surface area is 183 Å². The van der Waals surface area contributed by atoms with Gasteiger partial charge >= 0.3 is 5.69 Å². The molecule has 0 saturated carbocycles. The van der Waals surface area contributed by atoms with Gasteiger partial charge in [0.25, 0.3) is 5.56 Å². The first-order chi connectivity index (χ1) is 15.5. The molecule has 0 aliphatic heterocycles. The van der Waals surface area contributed by atoms with Crippen LogP contribution in [-0.2, 0) is 18.4 Å². The van der Waals surface area contributed by atoms with Crippen LogP contribution < -0.4 is 16.1 Å². The number of amides is 1. The number of carbonyl (C=O) groups excluding carboxylic acids is 1. The lowest BCUT2D eigenvalue weighted by molar-refractivity contribution is -0.119. The Hall–Kier alpha value is -4.33. The van der Waals surface area contributed by atoms with Crippen molar-refractivity contribution < 1.29 is 4.79 Å². The summed E-state index contributed by atoms with van der Waals surface area (Å²) in [5, 5.41) is 0.162. The highest BCUT2D eigenvalue weighted by Gasteiger charge is 2.20. The Morgan fingerprint density at radius 3 is 2.38 bits per heavy atom. The third-order valence-electron chi connectivity index (χ3n) is 5.09. The van der Waals surface area contributed by atoms with Crippen LogP contribution in [0.5, 0.6) is 0 Å². The SMILES string of the molecule is C=CCN(C(=O)Cn1c(=O)c2cnc(-c3ccccc3)nc2n(C)c1=O)c1ccccc1. The van der Waals surface area contributed by atoms with Gasteiger partial charge in [-0.1, -0.05) is 54.6 Å². The van der Waals surface area contributed by atoms with E-state index in [0.29, 0.717) is 11.5 Å². The number of benzene rings is 2. The van der Waals surface area contributed by atoms with Gasteiger partial charge in [-0.2, -0.15) is 0 Å². The van der Waals surface area contributed by atoms with E-state index in [1.165, 1.54) is 22.7 Å². The second-order valence-corrected chi connectivity index (χ2v) is 7.16. The second-order valence-electron chi connectivity index (χ2n) is 7.16. The van der Waals surface area contributed by atoms with Crippen molar-refractivity contribution in [1.82, 2.24) is 19.1 Å². The van der Waals surface area contributed by atoms with E-state index in [1.54, 1.807) is 18.2 Å². The number of aryl methyl sites for hydroxylation is 1. The summed E-state index contributed by atoms with van der Waals surface area (Å²) in [5.41, 5.74) is 0.398. The Morgan fingerprint density at radius 1 is 1.06 bits per heavy atom. The minimum atomic E-state index is -0.625. The number of anilines is 1. The van der Waals surface area contributed by atoms with E-state index in [4.69, 9.17) is 0 Å². The Bertz CT molecular complexity index is 1410. The van der Waals surface area contributed by atoms with Crippen LogP contribution in [0.1, 0.15) is 0 Å². The third-order valence-corrected chi connectivity index (χ3v) is 5.09. The first-order valence-electron chi connectivity index (χ1n) is 9.99. The summed E-state index contributed by atoms with van der Waals surface area (Å²) in [4.78, 5) is 49.3. The molecule has 0 spiro atoms. The van der Waals surface area contributed by atoms with Crippen molar-refractivity contribution >= 4 is 22.6 Å². The lowest BCUT2D eigenvalue weighted by Crippen LogP contribution is -2.44. The molecular formula is C24H21N5O3. The fraction of sp³-hybridized carbons (Fsp3) is 0.125. The van der Waals surface area contributed by atoms with Crippen LogP contribution in [0.25, 0.3) is 22.4 Å². The molecule has 0 atom stereocenters. The normalized spacial score (nSPS) is 10.8. The van der Waals surface area contributed by atoms with Crippen molar-refractivity contribution in [2.24, 2.45) is 7.05 Å². The second kappa shape index (κ2) is 8.81. The number of nitrogens with zero attached hydrogens (tertiary/aromatic N) is 5. The maximum absolute atomic E-state index is 13.1. The average molecular weight is 427 g/mol. The molecule has 4 rings (SSSR count). The largest absolute Gasteiger partial charge is 0.332 e. The molecule has 160 valence electrons. The van der Waals surface area contributed by atoms with E-state index in [1.807, 2.05) is 48.5 Å². The quantitative estimate of drug-likeness (QED) is 0.441. The molecule has 0 unspecified atom stereocenters. The fourth-order valence-electron chi connectivity index (χ4n) is 3.46. The predicted octanol–water partition coefficient (Wildman–Crippen LogP) is 2.38. The van der Waals surface area contributed by atoms with Gasteiger partial charge in [0.15, 0.2) is 11.5 Å². The molecule has 8 nitrogen and oxygen atoms in total. The molecule has 0 fully saturated rings. The molecule has 2 heterocycles. The Kier molecular flexibility index (Phi) is 5.76. The van der Waals surface area contributed by atoms with E-state index in [9.17, 15) is 14.4 Å². The minimum Gasteiger partial charge on any atom is -0.307 e. The average Bonchev–Trinajstić information content (AvgIpc) is 2.84. The van der Waals surface area contributed by atoms with E-state index in [2.05, 4.69) is 16.5 Å². The van der Waals surface area contributed by atoms with Gasteiger partial charge < -0.3 is 4.90 Å². The van der Waals surface area contributed by atoms with Crippen molar-refractivity contribution in [2.75, 3.05) is 11.4 Å². The fourth-order valence-corrected chi connectivity index (χ4v) is 3.46. The summed E-state index contributed by atoms with van der Waals surface area (Å²) in [5.74, 6) is -0.000892. The number of para-hydroxylation sites is 1. The number of rotatable bonds is 6. The van der Waals surface area contributed by atoms with Crippen molar-refractivity contribution in [3.63, 3.8) is 0 Å². The summed E-state index contributed by atoms with van der Waals surface area (Å²) >= 11 is 0. The van der Waals surface area contributed by atoms with E-state index >= 15 is 0 Å². The van der Waals surface area contributed by atoms with Crippen molar-refractivity contribution in [3.05, 3.63) is 100 Å².